The molecule has 0 saturated carbocycles. The lowest BCUT2D eigenvalue weighted by atomic mass is 10.1. The second kappa shape index (κ2) is 8.10. The van der Waals surface area contributed by atoms with Crippen molar-refractivity contribution >= 4 is 45.9 Å². The van der Waals surface area contributed by atoms with Gasteiger partial charge < -0.3 is 9.73 Å². The Balaban J connectivity index is 1.63. The molecule has 0 unspecified atom stereocenters. The van der Waals surface area contributed by atoms with Crippen molar-refractivity contribution < 1.29 is 9.21 Å². The van der Waals surface area contributed by atoms with Crippen molar-refractivity contribution in [3.05, 3.63) is 75.9 Å². The van der Waals surface area contributed by atoms with Crippen molar-refractivity contribution in [2.45, 2.75) is 17.8 Å². The average molecular weight is 427 g/mol. The summed E-state index contributed by atoms with van der Waals surface area (Å²) in [6, 6.07) is 14.1. The lowest BCUT2D eigenvalue weighted by Crippen LogP contribution is -2.06. The van der Waals surface area contributed by atoms with Gasteiger partial charge in [0.1, 0.15) is 11.9 Å². The summed E-state index contributed by atoms with van der Waals surface area (Å²) in [4.78, 5) is 23.3. The number of anilines is 1. The van der Waals surface area contributed by atoms with Gasteiger partial charge in [-0.15, -0.1) is 10.2 Å². The fourth-order valence-corrected chi connectivity index (χ4v) is 4.00. The Kier molecular flexibility index (Phi) is 5.37. The lowest BCUT2D eigenvalue weighted by Gasteiger charge is -2.09. The zero-order valence-electron chi connectivity index (χ0n) is 15.3. The van der Waals surface area contributed by atoms with Crippen LogP contribution in [-0.2, 0) is 10.5 Å². The monoisotopic (exact) mass is 426 g/mol. The molecule has 1 N–H and O–H groups in total. The minimum Gasteiger partial charge on any atom is -0.423 e. The summed E-state index contributed by atoms with van der Waals surface area (Å²) in [5, 5.41) is 12.9. The molecule has 4 rings (SSSR count). The molecule has 29 heavy (non-hydrogen) atoms. The first-order valence-electron chi connectivity index (χ1n) is 8.63. The average Bonchev–Trinajstić information content (AvgIpc) is 3.14. The van der Waals surface area contributed by atoms with Crippen LogP contribution in [0, 0.1) is 0 Å². The number of amides is 1. The standard InChI is InChI=1S/C20H15ClN4O3S/c1-12(26)23-15-5-6-17-13(7-19(27)28-18(17)9-15)10-29-20-24-22-11-25(20)16-4-2-3-14(21)8-16/h2-9,11H,10H2,1H3,(H,23,26). The summed E-state index contributed by atoms with van der Waals surface area (Å²) in [6.07, 6.45) is 1.62. The number of aromatic nitrogens is 3. The number of thioether (sulfide) groups is 1. The fourth-order valence-electron chi connectivity index (χ4n) is 2.90. The second-order valence-corrected chi connectivity index (χ2v) is 7.61. The molecule has 0 saturated heterocycles. The number of fused-ring (bicyclic) bond motifs is 1. The van der Waals surface area contributed by atoms with Crippen molar-refractivity contribution in [2.75, 3.05) is 5.32 Å². The van der Waals surface area contributed by atoms with Crippen LogP contribution >= 0.6 is 23.4 Å². The van der Waals surface area contributed by atoms with Crippen LogP contribution in [-0.4, -0.2) is 20.7 Å². The normalized spacial score (nSPS) is 11.0. The molecule has 0 atom stereocenters. The number of rotatable bonds is 5. The SMILES string of the molecule is CC(=O)Nc1ccc2c(CSc3nncn3-c3cccc(Cl)c3)cc(=O)oc2c1. The first kappa shape index (κ1) is 19.2. The molecule has 4 aromatic rings. The summed E-state index contributed by atoms with van der Waals surface area (Å²) in [5.41, 5.74) is 2.18. The highest BCUT2D eigenvalue weighted by Crippen LogP contribution is 2.28. The molecule has 0 bridgehead atoms. The Labute approximate surface area is 174 Å². The predicted molar refractivity (Wildman–Crippen MR) is 113 cm³/mol. The zero-order valence-corrected chi connectivity index (χ0v) is 16.8. The van der Waals surface area contributed by atoms with Crippen molar-refractivity contribution in [1.29, 1.82) is 0 Å². The highest BCUT2D eigenvalue weighted by atomic mass is 35.5. The van der Waals surface area contributed by atoms with E-state index in [0.29, 0.717) is 27.2 Å². The Hall–Kier alpha value is -3.10. The van der Waals surface area contributed by atoms with Crippen LogP contribution in [0.5, 0.6) is 0 Å². The van der Waals surface area contributed by atoms with E-state index in [2.05, 4.69) is 15.5 Å². The molecule has 2 aromatic heterocycles. The van der Waals surface area contributed by atoms with Gasteiger partial charge in [0.25, 0.3) is 0 Å². The predicted octanol–water partition coefficient (Wildman–Crippen LogP) is 4.28. The first-order valence-corrected chi connectivity index (χ1v) is 9.99. The number of hydrogen-bond acceptors (Lipinski definition) is 6. The minimum absolute atomic E-state index is 0.196. The summed E-state index contributed by atoms with van der Waals surface area (Å²) in [7, 11) is 0. The van der Waals surface area contributed by atoms with Crippen molar-refractivity contribution in [3.8, 4) is 5.69 Å². The van der Waals surface area contributed by atoms with E-state index in [4.69, 9.17) is 16.0 Å². The molecule has 0 aliphatic heterocycles. The summed E-state index contributed by atoms with van der Waals surface area (Å²) in [5.74, 6) is 0.291. The van der Waals surface area contributed by atoms with E-state index in [-0.39, 0.29) is 5.91 Å². The van der Waals surface area contributed by atoms with E-state index in [0.717, 1.165) is 16.6 Å². The number of halogens is 1. The van der Waals surface area contributed by atoms with Gasteiger partial charge in [0.2, 0.25) is 5.91 Å². The largest absolute Gasteiger partial charge is 0.423 e. The molecule has 0 aliphatic rings. The Bertz CT molecular complexity index is 1270. The Morgan fingerprint density at radius 1 is 1.24 bits per heavy atom. The van der Waals surface area contributed by atoms with Gasteiger partial charge in [0, 0.05) is 40.9 Å². The molecule has 0 fully saturated rings. The maximum Gasteiger partial charge on any atom is 0.336 e. The summed E-state index contributed by atoms with van der Waals surface area (Å²) >= 11 is 7.52. The second-order valence-electron chi connectivity index (χ2n) is 6.23. The molecule has 2 aromatic carbocycles. The first-order chi connectivity index (χ1) is 14.0. The fraction of sp³-hybridized carbons (Fsp3) is 0.100. The van der Waals surface area contributed by atoms with Crippen LogP contribution < -0.4 is 10.9 Å². The van der Waals surface area contributed by atoms with Crippen LogP contribution in [0.15, 0.2) is 69.2 Å². The highest BCUT2D eigenvalue weighted by Gasteiger charge is 2.12. The van der Waals surface area contributed by atoms with E-state index in [1.54, 1.807) is 24.5 Å². The third kappa shape index (κ3) is 4.33. The van der Waals surface area contributed by atoms with Gasteiger partial charge in [-0.05, 0) is 35.9 Å². The molecule has 0 radical (unpaired) electrons. The lowest BCUT2D eigenvalue weighted by molar-refractivity contribution is -0.114. The molecule has 146 valence electrons. The van der Waals surface area contributed by atoms with Crippen molar-refractivity contribution in [2.24, 2.45) is 0 Å². The molecular weight excluding hydrogens is 412 g/mol. The van der Waals surface area contributed by atoms with Gasteiger partial charge in [-0.25, -0.2) is 4.79 Å². The van der Waals surface area contributed by atoms with Gasteiger partial charge in [-0.3, -0.25) is 9.36 Å². The number of carbonyl (C=O) groups is 1. The van der Waals surface area contributed by atoms with E-state index in [9.17, 15) is 9.59 Å². The van der Waals surface area contributed by atoms with Crippen LogP contribution in [0.25, 0.3) is 16.7 Å². The third-order valence-corrected chi connectivity index (χ3v) is 5.34. The number of nitrogens with zero attached hydrogens (tertiary/aromatic N) is 3. The zero-order chi connectivity index (χ0) is 20.4. The van der Waals surface area contributed by atoms with E-state index in [1.165, 1.54) is 24.8 Å². The van der Waals surface area contributed by atoms with E-state index < -0.39 is 5.63 Å². The van der Waals surface area contributed by atoms with Gasteiger partial charge in [0.05, 0.1) is 5.69 Å². The van der Waals surface area contributed by atoms with E-state index >= 15 is 0 Å². The van der Waals surface area contributed by atoms with Crippen LogP contribution in [0.1, 0.15) is 12.5 Å². The van der Waals surface area contributed by atoms with Gasteiger partial charge in [-0.2, -0.15) is 0 Å². The minimum atomic E-state index is -0.454. The molecule has 0 aliphatic carbocycles. The van der Waals surface area contributed by atoms with Crippen LogP contribution in [0.2, 0.25) is 5.02 Å². The maximum atomic E-state index is 12.0. The van der Waals surface area contributed by atoms with Crippen LogP contribution in [0.4, 0.5) is 5.69 Å². The number of hydrogen-bond donors (Lipinski definition) is 1. The Morgan fingerprint density at radius 2 is 2.10 bits per heavy atom. The smallest absolute Gasteiger partial charge is 0.336 e. The topological polar surface area (TPSA) is 90.0 Å². The van der Waals surface area contributed by atoms with Crippen LogP contribution in [0.3, 0.4) is 0 Å². The molecule has 2 heterocycles. The Morgan fingerprint density at radius 3 is 2.90 bits per heavy atom. The van der Waals surface area contributed by atoms with Crippen molar-refractivity contribution in [1.82, 2.24) is 14.8 Å². The van der Waals surface area contributed by atoms with E-state index in [1.807, 2.05) is 28.8 Å². The van der Waals surface area contributed by atoms with Crippen molar-refractivity contribution in [3.63, 3.8) is 0 Å². The highest BCUT2D eigenvalue weighted by molar-refractivity contribution is 7.98. The summed E-state index contributed by atoms with van der Waals surface area (Å²) < 4.78 is 7.14. The number of carbonyl (C=O) groups excluding carboxylic acids is 1. The summed E-state index contributed by atoms with van der Waals surface area (Å²) in [6.45, 7) is 1.42. The quantitative estimate of drug-likeness (QED) is 0.378. The van der Waals surface area contributed by atoms with Gasteiger partial charge in [0.15, 0.2) is 5.16 Å². The third-order valence-electron chi connectivity index (χ3n) is 4.11. The molecule has 9 heteroatoms. The number of nitrogens with one attached hydrogen (secondary N) is 1. The molecule has 7 nitrogen and oxygen atoms in total. The molecule has 0 spiro atoms. The van der Waals surface area contributed by atoms with Gasteiger partial charge >= 0.3 is 5.63 Å². The molecular formula is C20H15ClN4O3S. The van der Waals surface area contributed by atoms with Gasteiger partial charge in [-0.1, -0.05) is 29.4 Å². The molecule has 1 amide bonds. The number of benzene rings is 2. The maximum absolute atomic E-state index is 12.0.